The molecule has 0 aliphatic heterocycles. The molecular formula is C20H23N3OS. The molecule has 1 heterocycles. The van der Waals surface area contributed by atoms with E-state index in [-0.39, 0.29) is 11.2 Å². The molecule has 1 aromatic heterocycles. The van der Waals surface area contributed by atoms with Crippen molar-refractivity contribution in [2.45, 2.75) is 36.6 Å². The molecule has 1 amide bonds. The van der Waals surface area contributed by atoms with Gasteiger partial charge < -0.3 is 10.3 Å². The van der Waals surface area contributed by atoms with Crippen molar-refractivity contribution in [3.63, 3.8) is 0 Å². The van der Waals surface area contributed by atoms with Crippen LogP contribution in [-0.4, -0.2) is 27.7 Å². The fraction of sp³-hybridized carbons (Fsp3) is 0.300. The molecule has 25 heavy (non-hydrogen) atoms. The summed E-state index contributed by atoms with van der Waals surface area (Å²) < 4.78 is 0. The summed E-state index contributed by atoms with van der Waals surface area (Å²) >= 11 is 1.45. The van der Waals surface area contributed by atoms with Gasteiger partial charge in [0.2, 0.25) is 5.91 Å². The predicted octanol–water partition coefficient (Wildman–Crippen LogP) is 4.35. The number of thioether (sulfide) groups is 1. The highest BCUT2D eigenvalue weighted by molar-refractivity contribution is 8.00. The molecule has 5 heteroatoms. The van der Waals surface area contributed by atoms with Crippen LogP contribution in [0, 0.1) is 0 Å². The van der Waals surface area contributed by atoms with Crippen molar-refractivity contribution in [1.29, 1.82) is 0 Å². The van der Waals surface area contributed by atoms with Gasteiger partial charge in [-0.25, -0.2) is 4.98 Å². The normalized spacial score (nSPS) is 13.5. The van der Waals surface area contributed by atoms with Crippen molar-refractivity contribution in [2.75, 3.05) is 6.54 Å². The summed E-state index contributed by atoms with van der Waals surface area (Å²) in [4.78, 5) is 20.2. The third-order valence-electron chi connectivity index (χ3n) is 4.31. The molecule has 4 nitrogen and oxygen atoms in total. The Morgan fingerprint density at radius 1 is 1.16 bits per heavy atom. The number of hydrogen-bond donors (Lipinski definition) is 2. The third-order valence-corrected chi connectivity index (χ3v) is 5.30. The number of carbonyl (C=O) groups excluding carboxylic acids is 1. The number of aromatic nitrogens is 2. The average molecular weight is 353 g/mol. The first-order chi connectivity index (χ1) is 12.2. The van der Waals surface area contributed by atoms with E-state index in [1.165, 1.54) is 17.3 Å². The van der Waals surface area contributed by atoms with Gasteiger partial charge >= 0.3 is 0 Å². The molecule has 2 aromatic carbocycles. The number of para-hydroxylation sites is 2. The average Bonchev–Trinajstić information content (AvgIpc) is 3.05. The maximum atomic E-state index is 12.4. The van der Waals surface area contributed by atoms with E-state index in [0.29, 0.717) is 12.5 Å². The Balaban J connectivity index is 1.57. The minimum atomic E-state index is -0.200. The Bertz CT molecular complexity index is 798. The topological polar surface area (TPSA) is 57.8 Å². The Morgan fingerprint density at radius 2 is 1.88 bits per heavy atom. The maximum Gasteiger partial charge on any atom is 0.233 e. The van der Waals surface area contributed by atoms with Crippen LogP contribution in [-0.2, 0) is 4.79 Å². The molecule has 0 spiro atoms. The van der Waals surface area contributed by atoms with Crippen LogP contribution in [0.15, 0.2) is 59.8 Å². The fourth-order valence-corrected chi connectivity index (χ4v) is 3.64. The van der Waals surface area contributed by atoms with Gasteiger partial charge in [0.05, 0.1) is 16.3 Å². The van der Waals surface area contributed by atoms with Gasteiger partial charge in [-0.05, 0) is 31.0 Å². The summed E-state index contributed by atoms with van der Waals surface area (Å²) in [6.45, 7) is 4.72. The Morgan fingerprint density at radius 3 is 2.60 bits per heavy atom. The van der Waals surface area contributed by atoms with E-state index >= 15 is 0 Å². The number of nitrogens with one attached hydrogen (secondary N) is 2. The van der Waals surface area contributed by atoms with Crippen molar-refractivity contribution in [2.24, 2.45) is 0 Å². The second-order valence-corrected chi connectivity index (χ2v) is 7.41. The molecule has 130 valence electrons. The number of carbonyl (C=O) groups is 1. The van der Waals surface area contributed by atoms with Crippen LogP contribution in [0.4, 0.5) is 0 Å². The van der Waals surface area contributed by atoms with Crippen molar-refractivity contribution < 1.29 is 4.79 Å². The minimum Gasteiger partial charge on any atom is -0.355 e. The molecule has 0 fully saturated rings. The summed E-state index contributed by atoms with van der Waals surface area (Å²) in [7, 11) is 0. The number of amides is 1. The lowest BCUT2D eigenvalue weighted by atomic mass is 9.96. The lowest BCUT2D eigenvalue weighted by Crippen LogP contribution is -2.34. The number of rotatable bonds is 7. The van der Waals surface area contributed by atoms with Crippen molar-refractivity contribution >= 4 is 28.7 Å². The zero-order chi connectivity index (χ0) is 17.6. The number of imidazole rings is 1. The Hall–Kier alpha value is -2.27. The SMILES string of the molecule is CC[C@@H](CNC(=O)[C@@H](C)Sc1nc2ccccc2[nH]1)c1ccccc1. The van der Waals surface area contributed by atoms with E-state index < -0.39 is 0 Å². The number of benzene rings is 2. The van der Waals surface area contributed by atoms with Crippen LogP contribution in [0.25, 0.3) is 11.0 Å². The van der Waals surface area contributed by atoms with Gasteiger partial charge in [-0.3, -0.25) is 4.79 Å². The highest BCUT2D eigenvalue weighted by atomic mass is 32.2. The van der Waals surface area contributed by atoms with Gasteiger partial charge in [-0.15, -0.1) is 0 Å². The molecule has 0 aliphatic rings. The third kappa shape index (κ3) is 4.42. The number of fused-ring (bicyclic) bond motifs is 1. The Labute approximate surface area is 152 Å². The van der Waals surface area contributed by atoms with Crippen LogP contribution in [0.1, 0.15) is 31.7 Å². The molecule has 0 radical (unpaired) electrons. The van der Waals surface area contributed by atoms with Gasteiger partial charge in [0.25, 0.3) is 0 Å². The zero-order valence-electron chi connectivity index (χ0n) is 14.5. The van der Waals surface area contributed by atoms with Gasteiger partial charge in [0.1, 0.15) is 0 Å². The van der Waals surface area contributed by atoms with Gasteiger partial charge in [0.15, 0.2) is 5.16 Å². The second kappa shape index (κ2) is 8.21. The standard InChI is InChI=1S/C20H23N3OS/c1-3-15(16-9-5-4-6-10-16)13-21-19(24)14(2)25-20-22-17-11-7-8-12-18(17)23-20/h4-12,14-15H,3,13H2,1-2H3,(H,21,24)(H,22,23)/t14-,15+/m1/s1. The summed E-state index contributed by atoms with van der Waals surface area (Å²) in [5, 5.41) is 3.66. The zero-order valence-corrected chi connectivity index (χ0v) is 15.3. The van der Waals surface area contributed by atoms with E-state index in [2.05, 4.69) is 34.3 Å². The van der Waals surface area contributed by atoms with E-state index in [1.54, 1.807) is 0 Å². The number of nitrogens with zero attached hydrogens (tertiary/aromatic N) is 1. The van der Waals surface area contributed by atoms with Gasteiger partial charge in [-0.2, -0.15) is 0 Å². The molecule has 3 rings (SSSR count). The van der Waals surface area contributed by atoms with Crippen LogP contribution in [0.2, 0.25) is 0 Å². The molecule has 2 N–H and O–H groups in total. The second-order valence-electron chi connectivity index (χ2n) is 6.08. The van der Waals surface area contributed by atoms with E-state index in [0.717, 1.165) is 22.6 Å². The minimum absolute atomic E-state index is 0.0415. The van der Waals surface area contributed by atoms with Crippen LogP contribution >= 0.6 is 11.8 Å². The lowest BCUT2D eigenvalue weighted by molar-refractivity contribution is -0.120. The van der Waals surface area contributed by atoms with E-state index in [9.17, 15) is 4.79 Å². The van der Waals surface area contributed by atoms with Crippen LogP contribution < -0.4 is 5.32 Å². The van der Waals surface area contributed by atoms with Crippen molar-refractivity contribution in [3.05, 3.63) is 60.2 Å². The predicted molar refractivity (Wildman–Crippen MR) is 104 cm³/mol. The molecule has 2 atom stereocenters. The summed E-state index contributed by atoms with van der Waals surface area (Å²) in [5.74, 6) is 0.383. The molecule has 3 aromatic rings. The first kappa shape index (κ1) is 17.5. The molecule has 0 bridgehead atoms. The largest absolute Gasteiger partial charge is 0.355 e. The lowest BCUT2D eigenvalue weighted by Gasteiger charge is -2.17. The van der Waals surface area contributed by atoms with E-state index in [1.807, 2.05) is 49.4 Å². The number of aromatic amines is 1. The fourth-order valence-electron chi connectivity index (χ4n) is 2.80. The molecule has 0 aliphatic carbocycles. The summed E-state index contributed by atoms with van der Waals surface area (Å²) in [6, 6.07) is 18.2. The molecule has 0 saturated carbocycles. The molecular weight excluding hydrogens is 330 g/mol. The number of hydrogen-bond acceptors (Lipinski definition) is 3. The maximum absolute atomic E-state index is 12.4. The highest BCUT2D eigenvalue weighted by Crippen LogP contribution is 2.24. The summed E-state index contributed by atoms with van der Waals surface area (Å²) in [6.07, 6.45) is 0.995. The van der Waals surface area contributed by atoms with Gasteiger partial charge in [0, 0.05) is 12.5 Å². The number of H-pyrrole nitrogens is 1. The van der Waals surface area contributed by atoms with Crippen molar-refractivity contribution in [3.8, 4) is 0 Å². The monoisotopic (exact) mass is 353 g/mol. The smallest absolute Gasteiger partial charge is 0.233 e. The van der Waals surface area contributed by atoms with Crippen molar-refractivity contribution in [1.82, 2.24) is 15.3 Å². The van der Waals surface area contributed by atoms with Gasteiger partial charge in [-0.1, -0.05) is 61.2 Å². The highest BCUT2D eigenvalue weighted by Gasteiger charge is 2.18. The quantitative estimate of drug-likeness (QED) is 0.621. The molecule has 0 unspecified atom stereocenters. The molecule has 0 saturated heterocycles. The Kier molecular flexibility index (Phi) is 5.76. The summed E-state index contributed by atoms with van der Waals surface area (Å²) in [5.41, 5.74) is 3.18. The van der Waals surface area contributed by atoms with Crippen LogP contribution in [0.3, 0.4) is 0 Å². The first-order valence-electron chi connectivity index (χ1n) is 8.61. The first-order valence-corrected chi connectivity index (χ1v) is 9.49. The van der Waals surface area contributed by atoms with E-state index in [4.69, 9.17) is 0 Å². The van der Waals surface area contributed by atoms with Crippen LogP contribution in [0.5, 0.6) is 0 Å².